The summed E-state index contributed by atoms with van der Waals surface area (Å²) in [6, 6.07) is 15.8. The summed E-state index contributed by atoms with van der Waals surface area (Å²) in [7, 11) is 0. The molecule has 1 aliphatic rings. The van der Waals surface area contributed by atoms with Crippen LogP contribution in [0.25, 0.3) is 0 Å². The maximum absolute atomic E-state index is 12.4. The monoisotopic (exact) mass is 353 g/mol. The second-order valence-electron chi connectivity index (χ2n) is 6.17. The Morgan fingerprint density at radius 3 is 2.52 bits per heavy atom. The molecular formula is C20H23N3OS. The van der Waals surface area contributed by atoms with Gasteiger partial charge >= 0.3 is 0 Å². The van der Waals surface area contributed by atoms with E-state index in [4.69, 9.17) is 5.73 Å². The van der Waals surface area contributed by atoms with Gasteiger partial charge in [0.25, 0.3) is 5.91 Å². The van der Waals surface area contributed by atoms with Crippen molar-refractivity contribution in [2.75, 3.05) is 11.1 Å². The highest BCUT2D eigenvalue weighted by Gasteiger charge is 2.18. The van der Waals surface area contributed by atoms with Crippen molar-refractivity contribution in [3.05, 3.63) is 65.2 Å². The van der Waals surface area contributed by atoms with Gasteiger partial charge in [0.2, 0.25) is 0 Å². The van der Waals surface area contributed by atoms with E-state index in [2.05, 4.69) is 17.2 Å². The summed E-state index contributed by atoms with van der Waals surface area (Å²) in [6.45, 7) is 2.18. The lowest BCUT2D eigenvalue weighted by molar-refractivity contribution is 0.102. The molecule has 0 saturated carbocycles. The second kappa shape index (κ2) is 8.21. The molecule has 0 fully saturated rings. The average Bonchev–Trinajstić information content (AvgIpc) is 3.07. The molecule has 2 aromatic rings. The van der Waals surface area contributed by atoms with Crippen molar-refractivity contribution in [2.24, 2.45) is 10.7 Å². The van der Waals surface area contributed by atoms with Crippen molar-refractivity contribution in [2.45, 2.75) is 32.2 Å². The molecule has 0 aliphatic carbocycles. The Balaban J connectivity index is 1.61. The largest absolute Gasteiger partial charge is 0.379 e. The highest BCUT2D eigenvalue weighted by molar-refractivity contribution is 8.14. The standard InChI is InChI=1S/C20H23N3OS/c1-2-3-4-14-5-7-16(8-6-14)19(24)22-17-11-9-15(10-12-17)18-13-25-20(21)23-18/h5-12,18H,2-4,13H2,1H3,(H2,21,23)(H,22,24). The lowest BCUT2D eigenvalue weighted by Gasteiger charge is -2.09. The molecule has 5 heteroatoms. The number of aliphatic imine (C=N–C) groups is 1. The van der Waals surface area contributed by atoms with Gasteiger partial charge in [-0.3, -0.25) is 9.79 Å². The number of carbonyl (C=O) groups excluding carboxylic acids is 1. The van der Waals surface area contributed by atoms with E-state index in [0.717, 1.165) is 23.4 Å². The Labute approximate surface area is 152 Å². The molecule has 1 unspecified atom stereocenters. The molecule has 4 nitrogen and oxygen atoms in total. The Bertz CT molecular complexity index is 754. The summed E-state index contributed by atoms with van der Waals surface area (Å²) < 4.78 is 0. The number of thioether (sulfide) groups is 1. The van der Waals surface area contributed by atoms with Gasteiger partial charge in [0.15, 0.2) is 5.17 Å². The van der Waals surface area contributed by atoms with E-state index in [-0.39, 0.29) is 11.9 Å². The number of nitrogens with one attached hydrogen (secondary N) is 1. The fraction of sp³-hybridized carbons (Fsp3) is 0.300. The van der Waals surface area contributed by atoms with E-state index in [1.807, 2.05) is 48.5 Å². The van der Waals surface area contributed by atoms with Crippen molar-refractivity contribution >= 4 is 28.5 Å². The van der Waals surface area contributed by atoms with Gasteiger partial charge in [-0.25, -0.2) is 0 Å². The third kappa shape index (κ3) is 4.63. The van der Waals surface area contributed by atoms with Crippen LogP contribution >= 0.6 is 11.8 Å². The molecule has 1 aliphatic heterocycles. The molecular weight excluding hydrogens is 330 g/mol. The van der Waals surface area contributed by atoms with Gasteiger partial charge in [-0.15, -0.1) is 0 Å². The zero-order valence-corrected chi connectivity index (χ0v) is 15.2. The fourth-order valence-electron chi connectivity index (χ4n) is 2.76. The summed E-state index contributed by atoms with van der Waals surface area (Å²) in [5, 5.41) is 3.59. The number of nitrogens with two attached hydrogens (primary N) is 1. The number of carbonyl (C=O) groups is 1. The number of benzene rings is 2. The Kier molecular flexibility index (Phi) is 5.76. The van der Waals surface area contributed by atoms with Gasteiger partial charge in [-0.1, -0.05) is 49.4 Å². The average molecular weight is 353 g/mol. The second-order valence-corrected chi connectivity index (χ2v) is 7.21. The molecule has 1 heterocycles. The van der Waals surface area contributed by atoms with Crippen LogP contribution in [0.15, 0.2) is 53.5 Å². The number of nitrogens with zero attached hydrogens (tertiary/aromatic N) is 1. The molecule has 3 rings (SSSR count). The number of amidine groups is 1. The Morgan fingerprint density at radius 1 is 1.20 bits per heavy atom. The van der Waals surface area contributed by atoms with Crippen LogP contribution in [0, 0.1) is 0 Å². The van der Waals surface area contributed by atoms with Gasteiger partial charge in [0.05, 0.1) is 6.04 Å². The summed E-state index contributed by atoms with van der Waals surface area (Å²) in [6.07, 6.45) is 3.41. The molecule has 1 atom stereocenters. The zero-order valence-electron chi connectivity index (χ0n) is 14.4. The van der Waals surface area contributed by atoms with E-state index < -0.39 is 0 Å². The van der Waals surface area contributed by atoms with Crippen LogP contribution < -0.4 is 11.1 Å². The summed E-state index contributed by atoms with van der Waals surface area (Å²) in [5.74, 6) is 0.788. The quantitative estimate of drug-likeness (QED) is 0.809. The van der Waals surface area contributed by atoms with Crippen LogP contribution in [0.4, 0.5) is 5.69 Å². The van der Waals surface area contributed by atoms with Crippen LogP contribution in [0.3, 0.4) is 0 Å². The predicted molar refractivity (Wildman–Crippen MR) is 106 cm³/mol. The molecule has 2 aromatic carbocycles. The molecule has 0 radical (unpaired) electrons. The highest BCUT2D eigenvalue weighted by atomic mass is 32.2. The molecule has 1 amide bonds. The SMILES string of the molecule is CCCCc1ccc(C(=O)Nc2ccc(C3CSC(N)=N3)cc2)cc1. The number of aryl methyl sites for hydroxylation is 1. The number of unbranched alkanes of at least 4 members (excludes halogenated alkanes) is 1. The number of hydrogen-bond donors (Lipinski definition) is 2. The molecule has 3 N–H and O–H groups in total. The first-order valence-electron chi connectivity index (χ1n) is 8.62. The van der Waals surface area contributed by atoms with Gasteiger partial charge in [-0.2, -0.15) is 0 Å². The Morgan fingerprint density at radius 2 is 1.92 bits per heavy atom. The van der Waals surface area contributed by atoms with Crippen molar-refractivity contribution in [3.8, 4) is 0 Å². The summed E-state index contributed by atoms with van der Waals surface area (Å²) in [5.41, 5.74) is 9.57. The van der Waals surface area contributed by atoms with Crippen LogP contribution in [0.2, 0.25) is 0 Å². The van der Waals surface area contributed by atoms with Crippen molar-refractivity contribution in [1.29, 1.82) is 0 Å². The third-order valence-corrected chi connectivity index (χ3v) is 5.14. The fourth-order valence-corrected chi connectivity index (χ4v) is 3.56. The smallest absolute Gasteiger partial charge is 0.255 e. The van der Waals surface area contributed by atoms with Crippen LogP contribution in [-0.2, 0) is 6.42 Å². The van der Waals surface area contributed by atoms with Crippen LogP contribution in [-0.4, -0.2) is 16.8 Å². The maximum atomic E-state index is 12.4. The zero-order chi connectivity index (χ0) is 17.6. The van der Waals surface area contributed by atoms with E-state index in [9.17, 15) is 4.79 Å². The normalized spacial score (nSPS) is 16.5. The van der Waals surface area contributed by atoms with Crippen molar-refractivity contribution < 1.29 is 4.79 Å². The molecule has 0 saturated heterocycles. The number of hydrogen-bond acceptors (Lipinski definition) is 4. The van der Waals surface area contributed by atoms with Crippen molar-refractivity contribution in [1.82, 2.24) is 0 Å². The molecule has 130 valence electrons. The number of rotatable bonds is 6. The van der Waals surface area contributed by atoms with E-state index in [1.54, 1.807) is 11.8 Å². The predicted octanol–water partition coefficient (Wildman–Crippen LogP) is 4.38. The Hall–Kier alpha value is -2.27. The molecule has 0 bridgehead atoms. The summed E-state index contributed by atoms with van der Waals surface area (Å²) in [4.78, 5) is 16.8. The highest BCUT2D eigenvalue weighted by Crippen LogP contribution is 2.29. The van der Waals surface area contributed by atoms with Gasteiger partial charge in [-0.05, 0) is 48.2 Å². The van der Waals surface area contributed by atoms with E-state index in [1.165, 1.54) is 18.4 Å². The first-order valence-corrected chi connectivity index (χ1v) is 9.60. The minimum absolute atomic E-state index is 0.0894. The van der Waals surface area contributed by atoms with Crippen molar-refractivity contribution in [3.63, 3.8) is 0 Å². The molecule has 0 spiro atoms. The number of amides is 1. The lowest BCUT2D eigenvalue weighted by atomic mass is 10.1. The first-order chi connectivity index (χ1) is 12.2. The van der Waals surface area contributed by atoms with Crippen LogP contribution in [0.5, 0.6) is 0 Å². The lowest BCUT2D eigenvalue weighted by Crippen LogP contribution is -2.12. The molecule has 0 aromatic heterocycles. The van der Waals surface area contributed by atoms with Crippen LogP contribution in [0.1, 0.15) is 47.3 Å². The minimum Gasteiger partial charge on any atom is -0.379 e. The van der Waals surface area contributed by atoms with Gasteiger partial charge in [0.1, 0.15) is 0 Å². The molecule has 25 heavy (non-hydrogen) atoms. The van der Waals surface area contributed by atoms with E-state index >= 15 is 0 Å². The van der Waals surface area contributed by atoms with Gasteiger partial charge < -0.3 is 11.1 Å². The minimum atomic E-state index is -0.0894. The first kappa shape index (κ1) is 17.5. The number of anilines is 1. The van der Waals surface area contributed by atoms with Gasteiger partial charge in [0, 0.05) is 17.0 Å². The third-order valence-electron chi connectivity index (χ3n) is 4.26. The topological polar surface area (TPSA) is 67.5 Å². The summed E-state index contributed by atoms with van der Waals surface area (Å²) >= 11 is 1.58. The van der Waals surface area contributed by atoms with E-state index in [0.29, 0.717) is 10.7 Å². The maximum Gasteiger partial charge on any atom is 0.255 e.